The largest absolute Gasteiger partial charge is 0.465 e. The van der Waals surface area contributed by atoms with E-state index in [0.717, 1.165) is 0 Å². The predicted molar refractivity (Wildman–Crippen MR) is 124 cm³/mol. The molecular weight excluding hydrogens is 452 g/mol. The second kappa shape index (κ2) is 10.2. The van der Waals surface area contributed by atoms with Crippen molar-refractivity contribution in [3.8, 4) is 0 Å². The standard InChI is InChI=1S/C21H24N4O5S2/c1-24-10-12-25(13-11-24)32(28,29)18-8-6-17(7-9-18)22-21(31)23-19(26)15-4-3-5-16(14-15)20(27)30-2/h3-9,14H,10-13H2,1-2H3,(H2,22,23,26,31). The number of esters is 1. The van der Waals surface area contributed by atoms with Crippen LogP contribution in [-0.4, -0.2) is 74.9 Å². The Bertz CT molecular complexity index is 1110. The molecule has 0 saturated carbocycles. The van der Waals surface area contributed by atoms with Gasteiger partial charge in [0.2, 0.25) is 10.0 Å². The maximum absolute atomic E-state index is 12.8. The number of sulfonamides is 1. The van der Waals surface area contributed by atoms with Crippen LogP contribution in [0.5, 0.6) is 0 Å². The summed E-state index contributed by atoms with van der Waals surface area (Å²) in [6.45, 7) is 2.28. The summed E-state index contributed by atoms with van der Waals surface area (Å²) in [6, 6.07) is 12.2. The Labute approximate surface area is 192 Å². The van der Waals surface area contributed by atoms with E-state index >= 15 is 0 Å². The van der Waals surface area contributed by atoms with Crippen molar-refractivity contribution in [3.05, 3.63) is 59.7 Å². The van der Waals surface area contributed by atoms with Crippen molar-refractivity contribution in [1.82, 2.24) is 14.5 Å². The van der Waals surface area contributed by atoms with E-state index in [1.807, 2.05) is 7.05 Å². The summed E-state index contributed by atoms with van der Waals surface area (Å²) in [6.07, 6.45) is 0. The average Bonchev–Trinajstić information content (AvgIpc) is 2.79. The van der Waals surface area contributed by atoms with Gasteiger partial charge in [0.05, 0.1) is 17.6 Å². The first-order chi connectivity index (χ1) is 15.2. The molecule has 1 fully saturated rings. The molecule has 0 bridgehead atoms. The maximum Gasteiger partial charge on any atom is 0.337 e. The number of carbonyl (C=O) groups is 2. The highest BCUT2D eigenvalue weighted by Crippen LogP contribution is 2.19. The summed E-state index contributed by atoms with van der Waals surface area (Å²) >= 11 is 5.17. The number of amides is 1. The SMILES string of the molecule is COC(=O)c1cccc(C(=O)NC(=S)Nc2ccc(S(=O)(=O)N3CCN(C)CC3)cc2)c1. The summed E-state index contributed by atoms with van der Waals surface area (Å²) in [5.74, 6) is -1.05. The van der Waals surface area contributed by atoms with Gasteiger partial charge in [0, 0.05) is 37.4 Å². The molecule has 1 aliphatic heterocycles. The van der Waals surface area contributed by atoms with E-state index in [0.29, 0.717) is 31.9 Å². The van der Waals surface area contributed by atoms with Crippen molar-refractivity contribution in [1.29, 1.82) is 0 Å². The highest BCUT2D eigenvalue weighted by atomic mass is 32.2. The van der Waals surface area contributed by atoms with Crippen LogP contribution in [0.3, 0.4) is 0 Å². The first-order valence-corrected chi connectivity index (χ1v) is 11.6. The Hall–Kier alpha value is -2.86. The zero-order valence-electron chi connectivity index (χ0n) is 17.7. The molecular formula is C21H24N4O5S2. The molecule has 11 heteroatoms. The lowest BCUT2D eigenvalue weighted by Gasteiger charge is -2.31. The summed E-state index contributed by atoms with van der Waals surface area (Å²) in [4.78, 5) is 26.3. The molecule has 2 aromatic rings. The second-order valence-corrected chi connectivity index (χ2v) is 9.56. The Morgan fingerprint density at radius 1 is 1.00 bits per heavy atom. The van der Waals surface area contributed by atoms with Crippen LogP contribution < -0.4 is 10.6 Å². The van der Waals surface area contributed by atoms with Gasteiger partial charge in [0.25, 0.3) is 5.91 Å². The minimum Gasteiger partial charge on any atom is -0.465 e. The number of ether oxygens (including phenoxy) is 1. The van der Waals surface area contributed by atoms with Gasteiger partial charge in [-0.25, -0.2) is 13.2 Å². The van der Waals surface area contributed by atoms with Crippen molar-refractivity contribution in [2.75, 3.05) is 45.7 Å². The highest BCUT2D eigenvalue weighted by Gasteiger charge is 2.27. The van der Waals surface area contributed by atoms with Crippen LogP contribution in [0.2, 0.25) is 0 Å². The quantitative estimate of drug-likeness (QED) is 0.494. The third kappa shape index (κ3) is 5.68. The van der Waals surface area contributed by atoms with Gasteiger partial charge in [-0.2, -0.15) is 4.31 Å². The molecule has 3 rings (SSSR count). The van der Waals surface area contributed by atoms with Crippen LogP contribution in [0.25, 0.3) is 0 Å². The van der Waals surface area contributed by atoms with Gasteiger partial charge >= 0.3 is 5.97 Å². The van der Waals surface area contributed by atoms with E-state index in [9.17, 15) is 18.0 Å². The molecule has 0 radical (unpaired) electrons. The average molecular weight is 477 g/mol. The number of anilines is 1. The number of likely N-dealkylation sites (N-methyl/N-ethyl adjacent to an activating group) is 1. The number of hydrogen-bond donors (Lipinski definition) is 2. The van der Waals surface area contributed by atoms with Crippen LogP contribution in [0.1, 0.15) is 20.7 Å². The fourth-order valence-electron chi connectivity index (χ4n) is 3.13. The lowest BCUT2D eigenvalue weighted by atomic mass is 10.1. The van der Waals surface area contributed by atoms with Gasteiger partial charge in [0.15, 0.2) is 5.11 Å². The zero-order chi connectivity index (χ0) is 23.3. The molecule has 1 saturated heterocycles. The molecule has 2 N–H and O–H groups in total. The highest BCUT2D eigenvalue weighted by molar-refractivity contribution is 7.89. The first-order valence-electron chi connectivity index (χ1n) is 9.80. The molecule has 2 aromatic carbocycles. The number of nitrogens with zero attached hydrogens (tertiary/aromatic N) is 2. The van der Waals surface area contributed by atoms with E-state index in [4.69, 9.17) is 12.2 Å². The molecule has 170 valence electrons. The minimum atomic E-state index is -3.56. The molecule has 1 aliphatic rings. The summed E-state index contributed by atoms with van der Waals surface area (Å²) in [5.41, 5.74) is 1.01. The van der Waals surface area contributed by atoms with E-state index in [2.05, 4.69) is 20.3 Å². The van der Waals surface area contributed by atoms with Crippen LogP contribution >= 0.6 is 12.2 Å². The van der Waals surface area contributed by atoms with Crippen molar-refractivity contribution in [2.45, 2.75) is 4.90 Å². The fourth-order valence-corrected chi connectivity index (χ4v) is 4.76. The lowest BCUT2D eigenvalue weighted by molar-refractivity contribution is 0.0600. The third-order valence-corrected chi connectivity index (χ3v) is 7.10. The number of thiocarbonyl (C=S) groups is 1. The Kier molecular flexibility index (Phi) is 7.56. The molecule has 0 unspecified atom stereocenters. The number of carbonyl (C=O) groups excluding carboxylic acids is 2. The number of hydrogen-bond acceptors (Lipinski definition) is 7. The molecule has 1 amide bonds. The molecule has 0 atom stereocenters. The van der Waals surface area contributed by atoms with Crippen LogP contribution in [0.15, 0.2) is 53.4 Å². The summed E-state index contributed by atoms with van der Waals surface area (Å²) in [5, 5.41) is 5.41. The van der Waals surface area contributed by atoms with Gasteiger partial charge in [0.1, 0.15) is 0 Å². The predicted octanol–water partition coefficient (Wildman–Crippen LogP) is 1.54. The molecule has 1 heterocycles. The number of benzene rings is 2. The number of rotatable bonds is 5. The number of nitrogens with one attached hydrogen (secondary N) is 2. The van der Waals surface area contributed by atoms with Crippen LogP contribution in [0.4, 0.5) is 5.69 Å². The lowest BCUT2D eigenvalue weighted by Crippen LogP contribution is -2.46. The fraction of sp³-hybridized carbons (Fsp3) is 0.286. The van der Waals surface area contributed by atoms with Crippen LogP contribution in [0, 0.1) is 0 Å². The maximum atomic E-state index is 12.8. The van der Waals surface area contributed by atoms with Crippen molar-refractivity contribution in [2.24, 2.45) is 0 Å². The van der Waals surface area contributed by atoms with Gasteiger partial charge < -0.3 is 15.0 Å². The summed E-state index contributed by atoms with van der Waals surface area (Å²) < 4.78 is 31.7. The van der Waals surface area contributed by atoms with Crippen LogP contribution in [-0.2, 0) is 14.8 Å². The van der Waals surface area contributed by atoms with Crippen molar-refractivity contribution >= 4 is 44.9 Å². The van der Waals surface area contributed by atoms with Gasteiger partial charge in [-0.05, 0) is 61.7 Å². The minimum absolute atomic E-state index is 0.0353. The van der Waals surface area contributed by atoms with E-state index in [-0.39, 0.29) is 21.1 Å². The van der Waals surface area contributed by atoms with Gasteiger partial charge in [-0.15, -0.1) is 0 Å². The first kappa shape index (κ1) is 23.8. The zero-order valence-corrected chi connectivity index (χ0v) is 19.3. The normalized spacial score (nSPS) is 15.1. The molecule has 0 aromatic heterocycles. The Morgan fingerprint density at radius 2 is 1.62 bits per heavy atom. The molecule has 0 aliphatic carbocycles. The third-order valence-electron chi connectivity index (χ3n) is 4.99. The van der Waals surface area contributed by atoms with E-state index in [1.54, 1.807) is 24.3 Å². The molecule has 9 nitrogen and oxygen atoms in total. The monoisotopic (exact) mass is 476 g/mol. The van der Waals surface area contributed by atoms with E-state index in [1.165, 1.54) is 35.7 Å². The number of methoxy groups -OCH3 is 1. The smallest absolute Gasteiger partial charge is 0.337 e. The van der Waals surface area contributed by atoms with Crippen molar-refractivity contribution in [3.63, 3.8) is 0 Å². The van der Waals surface area contributed by atoms with Crippen molar-refractivity contribution < 1.29 is 22.7 Å². The number of piperazine rings is 1. The second-order valence-electron chi connectivity index (χ2n) is 7.21. The van der Waals surface area contributed by atoms with E-state index < -0.39 is 21.9 Å². The summed E-state index contributed by atoms with van der Waals surface area (Å²) in [7, 11) is -0.341. The molecule has 0 spiro atoms. The van der Waals surface area contributed by atoms with Gasteiger partial charge in [-0.3, -0.25) is 10.1 Å². The topological polar surface area (TPSA) is 108 Å². The Morgan fingerprint density at radius 3 is 2.25 bits per heavy atom. The Balaban J connectivity index is 1.61. The van der Waals surface area contributed by atoms with Gasteiger partial charge in [-0.1, -0.05) is 6.07 Å². The molecule has 32 heavy (non-hydrogen) atoms.